The van der Waals surface area contributed by atoms with Crippen LogP contribution in [0.15, 0.2) is 53.8 Å². The lowest BCUT2D eigenvalue weighted by molar-refractivity contribution is -0.141. The molecule has 1 aromatic carbocycles. The predicted molar refractivity (Wildman–Crippen MR) is 123 cm³/mol. The van der Waals surface area contributed by atoms with Gasteiger partial charge in [-0.15, -0.1) is 5.10 Å². The third kappa shape index (κ3) is 5.07. The van der Waals surface area contributed by atoms with Crippen LogP contribution in [0.5, 0.6) is 5.75 Å². The van der Waals surface area contributed by atoms with Gasteiger partial charge in [0.15, 0.2) is 5.78 Å². The van der Waals surface area contributed by atoms with Crippen molar-refractivity contribution < 1.29 is 19.1 Å². The van der Waals surface area contributed by atoms with E-state index in [1.807, 2.05) is 31.2 Å². The minimum atomic E-state index is -0.404. The van der Waals surface area contributed by atoms with E-state index in [2.05, 4.69) is 23.8 Å². The minimum Gasteiger partial charge on any atom is -0.497 e. The Morgan fingerprint density at radius 3 is 2.70 bits per heavy atom. The molecule has 0 spiro atoms. The van der Waals surface area contributed by atoms with Crippen LogP contribution >= 0.6 is 0 Å². The van der Waals surface area contributed by atoms with E-state index < -0.39 is 5.97 Å². The molecule has 0 saturated heterocycles. The monoisotopic (exact) mass is 449 g/mol. The van der Waals surface area contributed by atoms with Crippen molar-refractivity contribution >= 4 is 11.8 Å². The van der Waals surface area contributed by atoms with E-state index in [9.17, 15) is 9.59 Å². The van der Waals surface area contributed by atoms with Crippen LogP contribution in [0.1, 0.15) is 50.8 Å². The summed E-state index contributed by atoms with van der Waals surface area (Å²) in [5.41, 5.74) is 4.22. The van der Waals surface area contributed by atoms with E-state index in [0.717, 1.165) is 36.1 Å². The second kappa shape index (κ2) is 9.73. The molecular formula is C26H31N3O4. The van der Waals surface area contributed by atoms with Crippen molar-refractivity contribution in [3.63, 3.8) is 0 Å². The second-order valence-corrected chi connectivity index (χ2v) is 9.20. The van der Waals surface area contributed by atoms with E-state index in [-0.39, 0.29) is 18.3 Å². The van der Waals surface area contributed by atoms with Gasteiger partial charge in [0.25, 0.3) is 0 Å². The maximum atomic E-state index is 12.7. The average molecular weight is 450 g/mol. The molecule has 2 aromatic rings. The molecule has 7 nitrogen and oxygen atoms in total. The largest absolute Gasteiger partial charge is 0.497 e. The summed E-state index contributed by atoms with van der Waals surface area (Å²) in [6, 6.07) is 7.74. The highest BCUT2D eigenvalue weighted by Crippen LogP contribution is 2.45. The summed E-state index contributed by atoms with van der Waals surface area (Å²) in [4.78, 5) is 25.0. The number of Topliss-reactive ketones (excluding diaryl/α,β-unsaturated/α-hetero) is 1. The molecule has 174 valence electrons. The fourth-order valence-corrected chi connectivity index (χ4v) is 4.91. The molecule has 3 atom stereocenters. The topological polar surface area (TPSA) is 83.3 Å². The first-order valence-corrected chi connectivity index (χ1v) is 11.5. The Morgan fingerprint density at radius 1 is 1.21 bits per heavy atom. The van der Waals surface area contributed by atoms with Gasteiger partial charge >= 0.3 is 5.97 Å². The highest BCUT2D eigenvalue weighted by molar-refractivity contribution is 5.98. The standard InChI is InChI=1S/C26H31N3O4/c1-16-5-8-20(11-24-18(3)25(30)12-23(16)24)17(2)26(31)33-15-21-14-29(28-27-21)13-19-6-9-22(32-4)10-7-19/h6-7,9-10,14,16,20,23H,2,5,8,11-13,15H2,1,3-4H3/t16-,20+,23-/m0/s1. The van der Waals surface area contributed by atoms with E-state index in [1.54, 1.807) is 18.0 Å². The average Bonchev–Trinajstić information content (AvgIpc) is 3.33. The highest BCUT2D eigenvalue weighted by atomic mass is 16.5. The molecule has 7 heteroatoms. The fourth-order valence-electron chi connectivity index (χ4n) is 4.91. The summed E-state index contributed by atoms with van der Waals surface area (Å²) in [5.74, 6) is 1.40. The van der Waals surface area contributed by atoms with Crippen LogP contribution in [0.4, 0.5) is 0 Å². The smallest absolute Gasteiger partial charge is 0.334 e. The van der Waals surface area contributed by atoms with Gasteiger partial charge in [0.05, 0.1) is 19.9 Å². The number of rotatable bonds is 7. The molecule has 1 heterocycles. The maximum absolute atomic E-state index is 12.7. The van der Waals surface area contributed by atoms with Gasteiger partial charge in [-0.25, -0.2) is 9.48 Å². The number of ether oxygens (including phenoxy) is 2. The molecule has 0 amide bonds. The zero-order valence-corrected chi connectivity index (χ0v) is 19.5. The van der Waals surface area contributed by atoms with Gasteiger partial charge in [-0.05, 0) is 67.2 Å². The lowest BCUT2D eigenvalue weighted by Gasteiger charge is -2.18. The van der Waals surface area contributed by atoms with Gasteiger partial charge in [0.2, 0.25) is 0 Å². The van der Waals surface area contributed by atoms with Crippen molar-refractivity contribution in [3.05, 3.63) is 65.0 Å². The zero-order valence-electron chi connectivity index (χ0n) is 19.5. The predicted octanol–water partition coefficient (Wildman–Crippen LogP) is 4.28. The normalized spacial score (nSPS) is 22.6. The molecule has 1 fully saturated rings. The summed E-state index contributed by atoms with van der Waals surface area (Å²) in [6.07, 6.45) is 4.97. The van der Waals surface area contributed by atoms with Crippen LogP contribution in [-0.4, -0.2) is 33.9 Å². The molecule has 0 radical (unpaired) electrons. The van der Waals surface area contributed by atoms with Crippen molar-refractivity contribution in [2.75, 3.05) is 7.11 Å². The number of esters is 1. The molecule has 33 heavy (non-hydrogen) atoms. The summed E-state index contributed by atoms with van der Waals surface area (Å²) in [7, 11) is 1.63. The van der Waals surface area contributed by atoms with Crippen LogP contribution in [0.25, 0.3) is 0 Å². The lowest BCUT2D eigenvalue weighted by Crippen LogP contribution is -2.16. The first kappa shape index (κ1) is 23.0. The van der Waals surface area contributed by atoms with E-state index in [4.69, 9.17) is 9.47 Å². The van der Waals surface area contributed by atoms with Crippen molar-refractivity contribution in [3.8, 4) is 5.75 Å². The SMILES string of the molecule is C=C(C(=O)OCc1cn(Cc2ccc(OC)cc2)nn1)[C@@H]1CC[C@H](C)[C@@H]2CC(=O)C(C)=C2C1. The van der Waals surface area contributed by atoms with E-state index >= 15 is 0 Å². The van der Waals surface area contributed by atoms with Gasteiger partial charge in [-0.3, -0.25) is 4.79 Å². The van der Waals surface area contributed by atoms with Crippen molar-refractivity contribution in [1.29, 1.82) is 0 Å². The van der Waals surface area contributed by atoms with E-state index in [1.165, 1.54) is 5.57 Å². The Morgan fingerprint density at radius 2 is 1.97 bits per heavy atom. The molecule has 1 saturated carbocycles. The van der Waals surface area contributed by atoms with Crippen LogP contribution in [-0.2, 0) is 27.5 Å². The van der Waals surface area contributed by atoms with Crippen molar-refractivity contribution in [2.45, 2.75) is 52.7 Å². The maximum Gasteiger partial charge on any atom is 0.334 e. The number of hydrogen-bond donors (Lipinski definition) is 0. The second-order valence-electron chi connectivity index (χ2n) is 9.20. The summed E-state index contributed by atoms with van der Waals surface area (Å²) >= 11 is 0. The van der Waals surface area contributed by atoms with Gasteiger partial charge in [-0.2, -0.15) is 0 Å². The number of carbonyl (C=O) groups is 2. The van der Waals surface area contributed by atoms with Crippen molar-refractivity contribution in [1.82, 2.24) is 15.0 Å². The summed E-state index contributed by atoms with van der Waals surface area (Å²) in [6.45, 7) is 8.79. The number of nitrogens with zero attached hydrogens (tertiary/aromatic N) is 3. The molecular weight excluding hydrogens is 418 g/mol. The summed E-state index contributed by atoms with van der Waals surface area (Å²) in [5, 5.41) is 8.24. The lowest BCUT2D eigenvalue weighted by atomic mass is 9.86. The molecule has 2 aliphatic rings. The summed E-state index contributed by atoms with van der Waals surface area (Å²) < 4.78 is 12.4. The first-order chi connectivity index (χ1) is 15.9. The Bertz CT molecular complexity index is 1080. The van der Waals surface area contributed by atoms with Crippen LogP contribution < -0.4 is 4.74 Å². The number of hydrogen-bond acceptors (Lipinski definition) is 6. The fraction of sp³-hybridized carbons (Fsp3) is 0.462. The number of allylic oxidation sites excluding steroid dienone is 2. The Hall–Kier alpha value is -3.22. The Labute approximate surface area is 194 Å². The number of benzene rings is 1. The molecule has 0 bridgehead atoms. The van der Waals surface area contributed by atoms with Crippen molar-refractivity contribution in [2.24, 2.45) is 17.8 Å². The zero-order chi connectivity index (χ0) is 23.5. The van der Waals surface area contributed by atoms with Gasteiger partial charge < -0.3 is 9.47 Å². The van der Waals surface area contributed by atoms with Crippen LogP contribution in [0.3, 0.4) is 0 Å². The highest BCUT2D eigenvalue weighted by Gasteiger charge is 2.38. The number of aromatic nitrogens is 3. The van der Waals surface area contributed by atoms with Crippen LogP contribution in [0, 0.1) is 17.8 Å². The van der Waals surface area contributed by atoms with Gasteiger partial charge in [0, 0.05) is 12.0 Å². The Balaban J connectivity index is 1.33. The quantitative estimate of drug-likeness (QED) is 0.464. The minimum absolute atomic E-state index is 0.00607. The molecule has 0 N–H and O–H groups in total. The number of ketones is 1. The third-order valence-electron chi connectivity index (χ3n) is 7.07. The van der Waals surface area contributed by atoms with Gasteiger partial charge in [0.1, 0.15) is 18.1 Å². The molecule has 2 aliphatic carbocycles. The molecule has 1 aromatic heterocycles. The van der Waals surface area contributed by atoms with E-state index in [0.29, 0.717) is 36.1 Å². The number of fused-ring (bicyclic) bond motifs is 1. The molecule has 4 rings (SSSR count). The van der Waals surface area contributed by atoms with Gasteiger partial charge in [-0.1, -0.05) is 36.4 Å². The number of carbonyl (C=O) groups excluding carboxylic acids is 2. The number of methoxy groups -OCH3 is 1. The molecule has 0 unspecified atom stereocenters. The van der Waals surface area contributed by atoms with Crippen LogP contribution in [0.2, 0.25) is 0 Å². The Kier molecular flexibility index (Phi) is 6.77. The third-order valence-corrected chi connectivity index (χ3v) is 7.07. The first-order valence-electron chi connectivity index (χ1n) is 11.5. The molecule has 0 aliphatic heterocycles.